The molecule has 2 spiro atoms. The molecule has 0 atom stereocenters. The second-order valence-electron chi connectivity index (χ2n) is 5.46. The summed E-state index contributed by atoms with van der Waals surface area (Å²) >= 11 is 0. The van der Waals surface area contributed by atoms with Crippen LogP contribution in [-0.4, -0.2) is 23.9 Å². The van der Waals surface area contributed by atoms with Crippen LogP contribution in [0.1, 0.15) is 38.5 Å². The molecule has 0 bridgehead atoms. The third kappa shape index (κ3) is 1.20. The number of nitriles is 1. The molecule has 1 saturated heterocycles. The van der Waals surface area contributed by atoms with Crippen molar-refractivity contribution < 1.29 is 4.79 Å². The largest absolute Gasteiger partial charge is 0.341 e. The van der Waals surface area contributed by atoms with Gasteiger partial charge in [0.15, 0.2) is 0 Å². The first-order chi connectivity index (χ1) is 7.21. The van der Waals surface area contributed by atoms with Crippen molar-refractivity contribution in [2.45, 2.75) is 38.5 Å². The van der Waals surface area contributed by atoms with Gasteiger partial charge >= 0.3 is 0 Å². The number of carbonyl (C=O) groups is 1. The fourth-order valence-corrected chi connectivity index (χ4v) is 3.39. The molecule has 15 heavy (non-hydrogen) atoms. The number of amides is 1. The zero-order chi connectivity index (χ0) is 10.5. The third-order valence-corrected chi connectivity index (χ3v) is 4.77. The fourth-order valence-electron chi connectivity index (χ4n) is 3.39. The molecule has 2 aliphatic carbocycles. The first-order valence-corrected chi connectivity index (χ1v) is 5.86. The van der Waals surface area contributed by atoms with E-state index in [0.717, 1.165) is 13.1 Å². The van der Waals surface area contributed by atoms with E-state index in [4.69, 9.17) is 5.26 Å². The summed E-state index contributed by atoms with van der Waals surface area (Å²) < 4.78 is 0. The van der Waals surface area contributed by atoms with Gasteiger partial charge in [0.2, 0.25) is 5.91 Å². The summed E-state index contributed by atoms with van der Waals surface area (Å²) in [6.07, 6.45) is 6.63. The first kappa shape index (κ1) is 9.21. The Morgan fingerprint density at radius 1 is 1.20 bits per heavy atom. The van der Waals surface area contributed by atoms with Crippen LogP contribution in [0.15, 0.2) is 0 Å². The maximum absolute atomic E-state index is 11.6. The van der Waals surface area contributed by atoms with Crippen LogP contribution in [0.2, 0.25) is 0 Å². The molecule has 80 valence electrons. The number of hydrogen-bond acceptors (Lipinski definition) is 2. The van der Waals surface area contributed by atoms with Crippen LogP contribution in [-0.2, 0) is 4.79 Å². The van der Waals surface area contributed by atoms with E-state index < -0.39 is 0 Å². The summed E-state index contributed by atoms with van der Waals surface area (Å²) in [6, 6.07) is 1.96. The second-order valence-corrected chi connectivity index (χ2v) is 5.46. The molecule has 1 aliphatic heterocycles. The van der Waals surface area contributed by atoms with Gasteiger partial charge in [-0.25, -0.2) is 0 Å². The van der Waals surface area contributed by atoms with Crippen LogP contribution in [0.3, 0.4) is 0 Å². The maximum Gasteiger partial charge on any atom is 0.236 e. The summed E-state index contributed by atoms with van der Waals surface area (Å²) in [5.74, 6) is 0.0410. The van der Waals surface area contributed by atoms with Crippen molar-refractivity contribution in [3.05, 3.63) is 0 Å². The Morgan fingerprint density at radius 3 is 2.40 bits per heavy atom. The quantitative estimate of drug-likeness (QED) is 0.652. The van der Waals surface area contributed by atoms with Crippen molar-refractivity contribution in [3.63, 3.8) is 0 Å². The molecule has 3 nitrogen and oxygen atoms in total. The van der Waals surface area contributed by atoms with Gasteiger partial charge in [0.25, 0.3) is 0 Å². The summed E-state index contributed by atoms with van der Waals surface area (Å²) in [7, 11) is 0. The van der Waals surface area contributed by atoms with Crippen LogP contribution in [0.5, 0.6) is 0 Å². The summed E-state index contributed by atoms with van der Waals surface area (Å²) in [6.45, 7) is 1.83. The highest BCUT2D eigenvalue weighted by molar-refractivity contribution is 5.78. The van der Waals surface area contributed by atoms with Gasteiger partial charge in [-0.15, -0.1) is 0 Å². The molecule has 0 aromatic heterocycles. The normalized spacial score (nSPS) is 28.9. The molecule has 3 heteroatoms. The molecular formula is C12H16N2O. The minimum atomic E-state index is 0.0410. The molecule has 2 saturated carbocycles. The summed E-state index contributed by atoms with van der Waals surface area (Å²) in [5.41, 5.74) is 1.10. The summed E-state index contributed by atoms with van der Waals surface area (Å²) in [4.78, 5) is 13.6. The third-order valence-electron chi connectivity index (χ3n) is 4.77. The lowest BCUT2D eigenvalue weighted by Gasteiger charge is -2.39. The highest BCUT2D eigenvalue weighted by Gasteiger charge is 2.66. The number of likely N-dealkylation sites (tertiary alicyclic amines) is 1. The lowest BCUT2D eigenvalue weighted by Crippen LogP contribution is -2.45. The monoisotopic (exact) mass is 204 g/mol. The van der Waals surface area contributed by atoms with Crippen LogP contribution in [0.4, 0.5) is 0 Å². The maximum atomic E-state index is 11.6. The van der Waals surface area contributed by atoms with Crippen molar-refractivity contribution in [2.24, 2.45) is 10.8 Å². The van der Waals surface area contributed by atoms with E-state index in [0.29, 0.717) is 10.8 Å². The van der Waals surface area contributed by atoms with E-state index in [1.807, 2.05) is 11.0 Å². The van der Waals surface area contributed by atoms with Gasteiger partial charge < -0.3 is 4.90 Å². The molecule has 3 aliphatic rings. The number of rotatable bonds is 1. The minimum absolute atomic E-state index is 0.0410. The molecular weight excluding hydrogens is 188 g/mol. The number of carbonyl (C=O) groups excluding carboxylic acids is 1. The Balaban J connectivity index is 1.71. The molecule has 0 aromatic carbocycles. The smallest absolute Gasteiger partial charge is 0.236 e. The van der Waals surface area contributed by atoms with E-state index in [1.54, 1.807) is 0 Å². The Bertz CT molecular complexity index is 347. The molecule has 0 unspecified atom stereocenters. The van der Waals surface area contributed by atoms with E-state index in [2.05, 4.69) is 0 Å². The van der Waals surface area contributed by atoms with Gasteiger partial charge in [-0.2, -0.15) is 5.26 Å². The Kier molecular flexibility index (Phi) is 1.69. The lowest BCUT2D eigenvalue weighted by molar-refractivity contribution is -0.133. The molecule has 0 N–H and O–H groups in total. The van der Waals surface area contributed by atoms with Gasteiger partial charge in [-0.05, 0) is 42.9 Å². The molecule has 1 heterocycles. The molecule has 3 rings (SSSR count). The van der Waals surface area contributed by atoms with Crippen LogP contribution < -0.4 is 0 Å². The predicted octanol–water partition coefficient (Wildman–Crippen LogP) is 1.69. The van der Waals surface area contributed by atoms with Gasteiger partial charge in [0.05, 0.1) is 6.07 Å². The Morgan fingerprint density at radius 2 is 1.87 bits per heavy atom. The van der Waals surface area contributed by atoms with Crippen LogP contribution >= 0.6 is 0 Å². The average molecular weight is 204 g/mol. The van der Waals surface area contributed by atoms with Gasteiger partial charge in [0.1, 0.15) is 6.42 Å². The topological polar surface area (TPSA) is 44.1 Å². The number of nitrogens with zero attached hydrogens (tertiary/aromatic N) is 2. The van der Waals surface area contributed by atoms with Gasteiger partial charge in [-0.3, -0.25) is 4.79 Å². The van der Waals surface area contributed by atoms with Crippen LogP contribution in [0, 0.1) is 22.2 Å². The van der Waals surface area contributed by atoms with E-state index in [9.17, 15) is 4.79 Å². The van der Waals surface area contributed by atoms with Crippen molar-refractivity contribution >= 4 is 5.91 Å². The fraction of sp³-hybridized carbons (Fsp3) is 0.833. The van der Waals surface area contributed by atoms with Gasteiger partial charge in [-0.1, -0.05) is 0 Å². The molecule has 3 fully saturated rings. The Hall–Kier alpha value is -1.04. The predicted molar refractivity (Wildman–Crippen MR) is 54.8 cm³/mol. The number of hydrogen-bond donors (Lipinski definition) is 0. The Labute approximate surface area is 90.1 Å². The van der Waals surface area contributed by atoms with E-state index in [-0.39, 0.29) is 12.3 Å². The first-order valence-electron chi connectivity index (χ1n) is 5.86. The minimum Gasteiger partial charge on any atom is -0.341 e. The van der Waals surface area contributed by atoms with E-state index >= 15 is 0 Å². The van der Waals surface area contributed by atoms with E-state index in [1.165, 1.54) is 32.1 Å². The second kappa shape index (κ2) is 2.75. The molecule has 0 aromatic rings. The van der Waals surface area contributed by atoms with Crippen molar-refractivity contribution in [2.75, 3.05) is 13.1 Å². The number of fused-ring (bicyclic) bond motifs is 1. The molecule has 0 radical (unpaired) electrons. The van der Waals surface area contributed by atoms with Gasteiger partial charge in [0, 0.05) is 13.1 Å². The van der Waals surface area contributed by atoms with Crippen molar-refractivity contribution in [1.29, 1.82) is 5.26 Å². The number of piperidine rings is 1. The average Bonchev–Trinajstić information content (AvgIpc) is 3.06. The SMILES string of the molecule is N#CCC(=O)N1CCC2(CC2)C2(CC2)C1. The standard InChI is InChI=1S/C12H16N2O/c13-7-1-10(15)14-8-6-11(2-3-11)12(9-14)4-5-12/h1-6,8-9H2. The zero-order valence-electron chi connectivity index (χ0n) is 8.96. The van der Waals surface area contributed by atoms with Crippen LogP contribution in [0.25, 0.3) is 0 Å². The highest BCUT2D eigenvalue weighted by Crippen LogP contribution is 2.73. The van der Waals surface area contributed by atoms with Crippen molar-refractivity contribution in [3.8, 4) is 6.07 Å². The van der Waals surface area contributed by atoms with Crippen molar-refractivity contribution in [1.82, 2.24) is 4.90 Å². The summed E-state index contributed by atoms with van der Waals surface area (Å²) in [5, 5.41) is 8.53. The zero-order valence-corrected chi connectivity index (χ0v) is 8.96. The molecule has 1 amide bonds. The highest BCUT2D eigenvalue weighted by atomic mass is 16.2. The lowest BCUT2D eigenvalue weighted by atomic mass is 9.79.